The number of hydrogen-bond acceptors (Lipinski definition) is 9. The van der Waals surface area contributed by atoms with E-state index in [9.17, 15) is 19.2 Å². The molecule has 13 heteroatoms. The van der Waals surface area contributed by atoms with Gasteiger partial charge in [-0.1, -0.05) is 29.8 Å². The number of para-hydroxylation sites is 1. The number of nitrogens with zero attached hydrogens (tertiary/aromatic N) is 2. The quantitative estimate of drug-likeness (QED) is 0.116. The maximum Gasteiger partial charge on any atom is 0.290 e. The minimum absolute atomic E-state index is 0.0386. The Bertz CT molecular complexity index is 2040. The number of aromatic nitrogens is 1. The van der Waals surface area contributed by atoms with Crippen LogP contribution in [0.3, 0.4) is 0 Å². The molecule has 0 unspecified atom stereocenters. The molecule has 272 valence electrons. The van der Waals surface area contributed by atoms with E-state index in [4.69, 9.17) is 35.7 Å². The zero-order chi connectivity index (χ0) is 36.9. The molecule has 0 aliphatic carbocycles. The van der Waals surface area contributed by atoms with Gasteiger partial charge in [0.05, 0.1) is 48.8 Å². The van der Waals surface area contributed by atoms with Gasteiger partial charge in [-0.05, 0) is 79.9 Å². The summed E-state index contributed by atoms with van der Waals surface area (Å²) in [6.45, 7) is 6.60. The number of hydrogen-bond donors (Lipinski definition) is 2. The molecule has 2 aliphatic heterocycles. The highest BCUT2D eigenvalue weighted by molar-refractivity contribution is 6.37. The van der Waals surface area contributed by atoms with Gasteiger partial charge in [0.15, 0.2) is 5.76 Å². The molecule has 3 amide bonds. The Kier molecular flexibility index (Phi) is 11.5. The van der Waals surface area contributed by atoms with Gasteiger partial charge in [0.2, 0.25) is 12.2 Å². The fraction of sp³-hybridized carbons (Fsp3) is 0.333. The SMILES string of the molecule is CCO[C@@H]1OC(C(=O)Nc2ccc(N3C(=O)c4ccc(Cl)cc4C3=O)c(C)c2)=C[C@H](c2cn(C(C)=O)c3ccccc23)[C@@H]1CCOCCOCCO. The smallest absolute Gasteiger partial charge is 0.290 e. The first kappa shape index (κ1) is 36.9. The monoisotopic (exact) mass is 729 g/mol. The van der Waals surface area contributed by atoms with Gasteiger partial charge in [-0.2, -0.15) is 0 Å². The molecule has 3 atom stereocenters. The average molecular weight is 730 g/mol. The number of nitrogens with one attached hydrogen (secondary N) is 1. The second-order valence-corrected chi connectivity index (χ2v) is 12.9. The standard InChI is InChI=1S/C39H40ClN3O9/c1-4-51-39-29(13-15-49-17-18-50-16-14-44)30(32-22-42(24(3)45)34-8-6-5-7-27(32)34)21-35(52-39)36(46)41-26-10-12-33(23(2)19-26)43-37(47)28-11-9-25(40)20-31(28)38(43)48/h5-12,19-22,29-30,39,44H,4,13-18H2,1-3H3,(H,41,46)/t29-,30-,39+/m0/s1. The second kappa shape index (κ2) is 16.2. The van der Waals surface area contributed by atoms with Crippen molar-refractivity contribution in [2.24, 2.45) is 5.92 Å². The van der Waals surface area contributed by atoms with E-state index in [1.165, 1.54) is 19.1 Å². The maximum atomic E-state index is 13.9. The third-order valence-corrected chi connectivity index (χ3v) is 9.36. The molecule has 3 aromatic carbocycles. The van der Waals surface area contributed by atoms with Crippen LogP contribution >= 0.6 is 11.6 Å². The van der Waals surface area contributed by atoms with Crippen LogP contribution in [0.2, 0.25) is 5.02 Å². The first-order valence-corrected chi connectivity index (χ1v) is 17.5. The highest BCUT2D eigenvalue weighted by atomic mass is 35.5. The Morgan fingerprint density at radius 2 is 1.71 bits per heavy atom. The van der Waals surface area contributed by atoms with Gasteiger partial charge in [-0.15, -0.1) is 0 Å². The summed E-state index contributed by atoms with van der Waals surface area (Å²) in [5.41, 5.74) is 3.48. The van der Waals surface area contributed by atoms with Crippen molar-refractivity contribution >= 4 is 57.5 Å². The maximum absolute atomic E-state index is 13.9. The molecule has 0 bridgehead atoms. The summed E-state index contributed by atoms with van der Waals surface area (Å²) in [5, 5.41) is 13.1. The predicted molar refractivity (Wildman–Crippen MR) is 195 cm³/mol. The van der Waals surface area contributed by atoms with Gasteiger partial charge in [0.25, 0.3) is 17.7 Å². The number of benzene rings is 3. The molecule has 4 aromatic rings. The lowest BCUT2D eigenvalue weighted by atomic mass is 9.81. The summed E-state index contributed by atoms with van der Waals surface area (Å²) in [7, 11) is 0. The molecule has 0 saturated carbocycles. The van der Waals surface area contributed by atoms with Crippen LogP contribution in [0.25, 0.3) is 10.9 Å². The number of ether oxygens (including phenoxy) is 4. The number of aliphatic hydroxyl groups is 1. The lowest BCUT2D eigenvalue weighted by Crippen LogP contribution is -2.38. The molecule has 1 aromatic heterocycles. The summed E-state index contributed by atoms with van der Waals surface area (Å²) in [6, 6.07) is 17.1. The van der Waals surface area contributed by atoms with E-state index < -0.39 is 29.9 Å². The number of aliphatic hydroxyl groups excluding tert-OH is 1. The zero-order valence-corrected chi connectivity index (χ0v) is 29.9. The van der Waals surface area contributed by atoms with Crippen molar-refractivity contribution in [2.45, 2.75) is 39.4 Å². The van der Waals surface area contributed by atoms with Crippen LogP contribution in [0.4, 0.5) is 11.4 Å². The molecular weight excluding hydrogens is 690 g/mol. The molecule has 6 rings (SSSR count). The van der Waals surface area contributed by atoms with Crippen LogP contribution in [-0.4, -0.2) is 79.2 Å². The van der Waals surface area contributed by atoms with Gasteiger partial charge >= 0.3 is 0 Å². The number of fused-ring (bicyclic) bond motifs is 2. The van der Waals surface area contributed by atoms with E-state index in [1.807, 2.05) is 37.4 Å². The van der Waals surface area contributed by atoms with Gasteiger partial charge in [0, 0.05) is 54.3 Å². The number of halogens is 1. The molecule has 2 aliphatic rings. The molecule has 0 saturated heterocycles. The van der Waals surface area contributed by atoms with E-state index in [-0.39, 0.29) is 41.9 Å². The summed E-state index contributed by atoms with van der Waals surface area (Å²) >= 11 is 6.08. The molecule has 2 N–H and O–H groups in total. The molecule has 0 spiro atoms. The van der Waals surface area contributed by atoms with E-state index in [0.717, 1.165) is 21.4 Å². The van der Waals surface area contributed by atoms with Crippen molar-refractivity contribution in [2.75, 3.05) is 49.9 Å². The van der Waals surface area contributed by atoms with Gasteiger partial charge in [0.1, 0.15) is 0 Å². The summed E-state index contributed by atoms with van der Waals surface area (Å²) in [4.78, 5) is 54.0. The summed E-state index contributed by atoms with van der Waals surface area (Å²) in [5.74, 6) is -2.26. The minimum atomic E-state index is -0.819. The number of aryl methyl sites for hydroxylation is 1. The fourth-order valence-electron chi connectivity index (χ4n) is 6.74. The number of amides is 3. The third kappa shape index (κ3) is 7.52. The summed E-state index contributed by atoms with van der Waals surface area (Å²) in [6.07, 6.45) is 3.26. The van der Waals surface area contributed by atoms with Crippen LogP contribution < -0.4 is 10.2 Å². The molecule has 3 heterocycles. The Labute approximate surface area is 305 Å². The number of carbonyl (C=O) groups excluding carboxylic acids is 4. The number of rotatable bonds is 14. The highest BCUT2D eigenvalue weighted by Gasteiger charge is 2.40. The van der Waals surface area contributed by atoms with Gasteiger partial charge in [-0.3, -0.25) is 23.7 Å². The number of carbonyl (C=O) groups is 4. The largest absolute Gasteiger partial charge is 0.459 e. The summed E-state index contributed by atoms with van der Waals surface area (Å²) < 4.78 is 25.1. The Morgan fingerprint density at radius 3 is 2.44 bits per heavy atom. The molecule has 0 radical (unpaired) electrons. The van der Waals surface area contributed by atoms with Crippen molar-refractivity contribution in [1.82, 2.24) is 4.57 Å². The number of anilines is 2. The lowest BCUT2D eigenvalue weighted by molar-refractivity contribution is -0.166. The van der Waals surface area contributed by atoms with Crippen LogP contribution in [0.1, 0.15) is 62.8 Å². The Morgan fingerprint density at radius 1 is 0.962 bits per heavy atom. The normalized spacial score (nSPS) is 18.4. The molecule has 0 fully saturated rings. The fourth-order valence-corrected chi connectivity index (χ4v) is 6.91. The van der Waals surface area contributed by atoms with Crippen LogP contribution in [0.5, 0.6) is 0 Å². The van der Waals surface area contributed by atoms with E-state index in [0.29, 0.717) is 54.8 Å². The van der Waals surface area contributed by atoms with Crippen molar-refractivity contribution in [3.8, 4) is 0 Å². The first-order valence-electron chi connectivity index (χ1n) is 17.1. The zero-order valence-electron chi connectivity index (χ0n) is 29.1. The van der Waals surface area contributed by atoms with Crippen molar-refractivity contribution in [3.05, 3.63) is 106 Å². The van der Waals surface area contributed by atoms with E-state index in [1.54, 1.807) is 41.8 Å². The van der Waals surface area contributed by atoms with Gasteiger partial charge in [-0.25, -0.2) is 4.90 Å². The first-order chi connectivity index (χ1) is 25.1. The van der Waals surface area contributed by atoms with Gasteiger partial charge < -0.3 is 29.4 Å². The second-order valence-electron chi connectivity index (χ2n) is 12.5. The number of imide groups is 1. The topological polar surface area (TPSA) is 146 Å². The lowest BCUT2D eigenvalue weighted by Gasteiger charge is -2.36. The average Bonchev–Trinajstić information content (AvgIpc) is 3.63. The molecule has 52 heavy (non-hydrogen) atoms. The van der Waals surface area contributed by atoms with E-state index in [2.05, 4.69) is 5.32 Å². The van der Waals surface area contributed by atoms with Crippen molar-refractivity contribution in [1.29, 1.82) is 0 Å². The van der Waals surface area contributed by atoms with Crippen LogP contribution in [0.15, 0.2) is 78.7 Å². The van der Waals surface area contributed by atoms with Crippen LogP contribution in [0, 0.1) is 12.8 Å². The van der Waals surface area contributed by atoms with Crippen LogP contribution in [-0.2, 0) is 23.7 Å². The van der Waals surface area contributed by atoms with Crippen molar-refractivity contribution in [3.63, 3.8) is 0 Å². The number of allylic oxidation sites excluding steroid dienone is 1. The minimum Gasteiger partial charge on any atom is -0.459 e. The third-order valence-electron chi connectivity index (χ3n) is 9.13. The Hall–Kier alpha value is -4.85. The highest BCUT2D eigenvalue weighted by Crippen LogP contribution is 2.42. The predicted octanol–water partition coefficient (Wildman–Crippen LogP) is 6.09. The molecule has 12 nitrogen and oxygen atoms in total. The molecular formula is C39H40ClN3O9. The van der Waals surface area contributed by atoms with E-state index >= 15 is 0 Å². The Balaban J connectivity index is 1.28. The van der Waals surface area contributed by atoms with Crippen molar-refractivity contribution < 1.29 is 43.2 Å².